The minimum Gasteiger partial charge on any atom is -0.493 e. The first kappa shape index (κ1) is 12.6. The summed E-state index contributed by atoms with van der Waals surface area (Å²) >= 11 is 0. The van der Waals surface area contributed by atoms with Gasteiger partial charge >= 0.3 is 6.09 Å². The van der Waals surface area contributed by atoms with Crippen molar-refractivity contribution >= 4 is 17.1 Å². The van der Waals surface area contributed by atoms with Crippen molar-refractivity contribution in [2.45, 2.75) is 13.0 Å². The van der Waals surface area contributed by atoms with Crippen LogP contribution in [0.15, 0.2) is 12.1 Å². The number of ether oxygens (including phenoxy) is 3. The van der Waals surface area contributed by atoms with Gasteiger partial charge in [0.05, 0.1) is 31.3 Å². The molecule has 0 aliphatic carbocycles. The first-order valence-corrected chi connectivity index (χ1v) is 6.32. The third kappa shape index (κ3) is 2.01. The standard InChI is InChI=1S/C13H15N3O4/c1-18-13-15-9-2-3-10-8(4-6-19-10)11(9)16(13)5-7-20-12(14)17/h2-3H,4-7H2,1H3,(H2,14,17). The second kappa shape index (κ2) is 4.92. The maximum atomic E-state index is 10.7. The Kier molecular flexibility index (Phi) is 3.09. The topological polar surface area (TPSA) is 88.6 Å². The van der Waals surface area contributed by atoms with Crippen LogP contribution in [0.3, 0.4) is 0 Å². The van der Waals surface area contributed by atoms with E-state index < -0.39 is 6.09 Å². The predicted molar refractivity (Wildman–Crippen MR) is 71.0 cm³/mol. The van der Waals surface area contributed by atoms with Gasteiger partial charge in [0.2, 0.25) is 0 Å². The fourth-order valence-electron chi connectivity index (χ4n) is 2.50. The van der Waals surface area contributed by atoms with Gasteiger partial charge in [0, 0.05) is 12.0 Å². The molecule has 0 spiro atoms. The maximum Gasteiger partial charge on any atom is 0.404 e. The molecule has 7 nitrogen and oxygen atoms in total. The minimum absolute atomic E-state index is 0.168. The van der Waals surface area contributed by atoms with E-state index in [1.54, 1.807) is 7.11 Å². The molecule has 3 rings (SSSR count). The molecule has 1 aliphatic rings. The van der Waals surface area contributed by atoms with Crippen LogP contribution in [0.2, 0.25) is 0 Å². The van der Waals surface area contributed by atoms with Gasteiger partial charge in [0.15, 0.2) is 0 Å². The number of imidazole rings is 1. The Morgan fingerprint density at radius 3 is 3.15 bits per heavy atom. The summed E-state index contributed by atoms with van der Waals surface area (Å²) in [4.78, 5) is 15.1. The van der Waals surface area contributed by atoms with Gasteiger partial charge in [-0.3, -0.25) is 4.57 Å². The lowest BCUT2D eigenvalue weighted by molar-refractivity contribution is 0.151. The van der Waals surface area contributed by atoms with Gasteiger partial charge < -0.3 is 19.9 Å². The summed E-state index contributed by atoms with van der Waals surface area (Å²) in [5.74, 6) is 0.872. The fourth-order valence-corrected chi connectivity index (χ4v) is 2.50. The first-order valence-electron chi connectivity index (χ1n) is 6.32. The molecule has 0 saturated carbocycles. The van der Waals surface area contributed by atoms with Crippen LogP contribution in [0, 0.1) is 0 Å². The number of carbonyl (C=O) groups is 1. The van der Waals surface area contributed by atoms with Crippen molar-refractivity contribution in [3.63, 3.8) is 0 Å². The van der Waals surface area contributed by atoms with Crippen molar-refractivity contribution in [1.29, 1.82) is 0 Å². The Balaban J connectivity index is 2.03. The van der Waals surface area contributed by atoms with Crippen LogP contribution in [0.25, 0.3) is 11.0 Å². The van der Waals surface area contributed by atoms with E-state index in [1.807, 2.05) is 16.7 Å². The molecule has 2 heterocycles. The zero-order chi connectivity index (χ0) is 14.1. The summed E-state index contributed by atoms with van der Waals surface area (Å²) in [6, 6.07) is 4.29. The third-order valence-electron chi connectivity index (χ3n) is 3.29. The lowest BCUT2D eigenvalue weighted by Crippen LogP contribution is -2.17. The summed E-state index contributed by atoms with van der Waals surface area (Å²) in [5.41, 5.74) is 7.88. The SMILES string of the molecule is COc1nc2ccc3c(c2n1CCOC(N)=O)CCO3. The van der Waals surface area contributed by atoms with Crippen LogP contribution >= 0.6 is 0 Å². The summed E-state index contributed by atoms with van der Waals surface area (Å²) in [7, 11) is 1.56. The van der Waals surface area contributed by atoms with Crippen molar-refractivity contribution in [2.24, 2.45) is 5.73 Å². The normalized spacial score (nSPS) is 13.1. The van der Waals surface area contributed by atoms with Crippen LogP contribution in [0.5, 0.6) is 11.8 Å². The highest BCUT2D eigenvalue weighted by molar-refractivity contribution is 5.83. The van der Waals surface area contributed by atoms with E-state index in [-0.39, 0.29) is 6.61 Å². The highest BCUT2D eigenvalue weighted by atomic mass is 16.5. The van der Waals surface area contributed by atoms with Crippen molar-refractivity contribution in [3.05, 3.63) is 17.7 Å². The first-order chi connectivity index (χ1) is 9.70. The molecule has 1 amide bonds. The number of primary amides is 1. The van der Waals surface area contributed by atoms with Crippen LogP contribution < -0.4 is 15.2 Å². The molecule has 0 saturated heterocycles. The van der Waals surface area contributed by atoms with Crippen molar-refractivity contribution < 1.29 is 19.0 Å². The number of amides is 1. The van der Waals surface area contributed by atoms with Gasteiger partial charge in [-0.1, -0.05) is 0 Å². The van der Waals surface area contributed by atoms with E-state index in [0.29, 0.717) is 19.2 Å². The van der Waals surface area contributed by atoms with Gasteiger partial charge in [-0.15, -0.1) is 0 Å². The van der Waals surface area contributed by atoms with Crippen LogP contribution in [0.1, 0.15) is 5.56 Å². The molecule has 0 fully saturated rings. The van der Waals surface area contributed by atoms with Crippen LogP contribution in [0.4, 0.5) is 4.79 Å². The number of nitrogens with two attached hydrogens (primary N) is 1. The van der Waals surface area contributed by atoms with Crippen molar-refractivity contribution in [1.82, 2.24) is 9.55 Å². The number of benzene rings is 1. The molecule has 1 aliphatic heterocycles. The van der Waals surface area contributed by atoms with Gasteiger partial charge in [-0.05, 0) is 12.1 Å². The Morgan fingerprint density at radius 2 is 2.40 bits per heavy atom. The monoisotopic (exact) mass is 277 g/mol. The Hall–Kier alpha value is -2.44. The molecule has 1 aromatic heterocycles. The maximum absolute atomic E-state index is 10.7. The zero-order valence-corrected chi connectivity index (χ0v) is 11.1. The van der Waals surface area contributed by atoms with E-state index in [0.717, 1.165) is 28.8 Å². The molecule has 20 heavy (non-hydrogen) atoms. The predicted octanol–water partition coefficient (Wildman–Crippen LogP) is 1.08. The lowest BCUT2D eigenvalue weighted by atomic mass is 10.1. The Bertz CT molecular complexity index is 665. The lowest BCUT2D eigenvalue weighted by Gasteiger charge is -2.09. The smallest absolute Gasteiger partial charge is 0.404 e. The van der Waals surface area contributed by atoms with Gasteiger partial charge in [0.25, 0.3) is 6.01 Å². The second-order valence-electron chi connectivity index (χ2n) is 4.43. The average molecular weight is 277 g/mol. The minimum atomic E-state index is -0.790. The van der Waals surface area contributed by atoms with E-state index >= 15 is 0 Å². The molecule has 0 radical (unpaired) electrons. The molecule has 1 aromatic carbocycles. The number of hydrogen-bond acceptors (Lipinski definition) is 5. The number of hydrogen-bond donors (Lipinski definition) is 1. The van der Waals surface area contributed by atoms with Crippen molar-refractivity contribution in [3.8, 4) is 11.8 Å². The van der Waals surface area contributed by atoms with Gasteiger partial charge in [-0.2, -0.15) is 4.98 Å². The third-order valence-corrected chi connectivity index (χ3v) is 3.29. The number of aromatic nitrogens is 2. The van der Waals surface area contributed by atoms with Crippen LogP contribution in [-0.4, -0.2) is 36.0 Å². The molecule has 2 aromatic rings. The van der Waals surface area contributed by atoms with Gasteiger partial charge in [-0.25, -0.2) is 4.79 Å². The summed E-state index contributed by atoms with van der Waals surface area (Å²) < 4.78 is 17.5. The number of nitrogens with zero attached hydrogens (tertiary/aromatic N) is 2. The number of fused-ring (bicyclic) bond motifs is 3. The van der Waals surface area contributed by atoms with Gasteiger partial charge in [0.1, 0.15) is 12.4 Å². The van der Waals surface area contributed by atoms with E-state index in [2.05, 4.69) is 4.98 Å². The quantitative estimate of drug-likeness (QED) is 0.903. The summed E-state index contributed by atoms with van der Waals surface area (Å²) in [6.45, 7) is 1.26. The highest BCUT2D eigenvalue weighted by Crippen LogP contribution is 2.34. The molecule has 0 unspecified atom stereocenters. The second-order valence-corrected chi connectivity index (χ2v) is 4.43. The van der Waals surface area contributed by atoms with Crippen molar-refractivity contribution in [2.75, 3.05) is 20.3 Å². The Labute approximate surface area is 115 Å². The molecular weight excluding hydrogens is 262 g/mol. The summed E-state index contributed by atoms with van der Waals surface area (Å²) in [5, 5.41) is 0. The molecular formula is C13H15N3O4. The zero-order valence-electron chi connectivity index (χ0n) is 11.1. The highest BCUT2D eigenvalue weighted by Gasteiger charge is 2.21. The fraction of sp³-hybridized carbons (Fsp3) is 0.385. The molecule has 2 N–H and O–H groups in total. The van der Waals surface area contributed by atoms with E-state index in [1.165, 1.54) is 0 Å². The number of methoxy groups -OCH3 is 1. The average Bonchev–Trinajstić information content (AvgIpc) is 3.01. The van der Waals surface area contributed by atoms with E-state index in [9.17, 15) is 4.79 Å². The Morgan fingerprint density at radius 1 is 1.55 bits per heavy atom. The number of carbonyl (C=O) groups excluding carboxylic acids is 1. The molecule has 106 valence electrons. The molecule has 7 heteroatoms. The summed E-state index contributed by atoms with van der Waals surface area (Å²) in [6.07, 6.45) is 0.0417. The number of rotatable bonds is 4. The van der Waals surface area contributed by atoms with E-state index in [4.69, 9.17) is 19.9 Å². The largest absolute Gasteiger partial charge is 0.493 e. The molecule has 0 bridgehead atoms. The molecule has 0 atom stereocenters. The van der Waals surface area contributed by atoms with Crippen LogP contribution in [-0.2, 0) is 17.7 Å².